The summed E-state index contributed by atoms with van der Waals surface area (Å²) >= 11 is 1.60. The van der Waals surface area contributed by atoms with Crippen molar-refractivity contribution in [3.05, 3.63) is 44.3 Å². The summed E-state index contributed by atoms with van der Waals surface area (Å²) in [5.41, 5.74) is 7.69. The first-order chi connectivity index (χ1) is 9.49. The molecule has 0 amide bonds. The molecule has 1 fully saturated rings. The molecule has 6 heteroatoms. The fraction of sp³-hybridized carbons (Fsp3) is 0.357. The van der Waals surface area contributed by atoms with E-state index < -0.39 is 0 Å². The number of nitrogens with two attached hydrogens (primary N) is 1. The lowest BCUT2D eigenvalue weighted by atomic mass is 9.78. The van der Waals surface area contributed by atoms with Crippen molar-refractivity contribution >= 4 is 17.0 Å². The number of benzene rings is 1. The van der Waals surface area contributed by atoms with E-state index in [-0.39, 0.29) is 16.1 Å². The molecule has 0 saturated heterocycles. The van der Waals surface area contributed by atoms with Gasteiger partial charge in [0.05, 0.1) is 16.2 Å². The van der Waals surface area contributed by atoms with Crippen LogP contribution in [-0.2, 0) is 5.54 Å². The van der Waals surface area contributed by atoms with Crippen molar-refractivity contribution in [3.8, 4) is 11.3 Å². The van der Waals surface area contributed by atoms with Gasteiger partial charge < -0.3 is 5.73 Å². The lowest BCUT2D eigenvalue weighted by Gasteiger charge is -2.35. The fourth-order valence-electron chi connectivity index (χ4n) is 2.42. The summed E-state index contributed by atoms with van der Waals surface area (Å²) in [6, 6.07) is 6.59. The lowest BCUT2D eigenvalue weighted by Crippen LogP contribution is -2.43. The largest absolute Gasteiger partial charge is 0.319 e. The normalized spacial score (nSPS) is 16.7. The van der Waals surface area contributed by atoms with Crippen molar-refractivity contribution in [2.24, 2.45) is 5.73 Å². The highest BCUT2D eigenvalue weighted by Crippen LogP contribution is 2.42. The molecular weight excluding hydrogens is 274 g/mol. The molecule has 2 aromatic rings. The second kappa shape index (κ2) is 4.64. The Morgan fingerprint density at radius 2 is 2.20 bits per heavy atom. The number of nitro benzene ring substituents is 1. The van der Waals surface area contributed by atoms with Crippen molar-refractivity contribution in [2.75, 3.05) is 0 Å². The molecule has 1 heterocycles. The van der Waals surface area contributed by atoms with Crippen molar-refractivity contribution < 1.29 is 4.92 Å². The zero-order valence-electron chi connectivity index (χ0n) is 11.1. The third-order valence-corrected chi connectivity index (χ3v) is 4.99. The van der Waals surface area contributed by atoms with Gasteiger partial charge in [-0.2, -0.15) is 0 Å². The van der Waals surface area contributed by atoms with Crippen LogP contribution in [0, 0.1) is 17.0 Å². The van der Waals surface area contributed by atoms with Gasteiger partial charge in [0.15, 0.2) is 0 Å². The topological polar surface area (TPSA) is 82.0 Å². The second-order valence-corrected chi connectivity index (χ2v) is 6.44. The number of hydrogen-bond donors (Lipinski definition) is 1. The fourth-order valence-corrected chi connectivity index (χ4v) is 3.51. The van der Waals surface area contributed by atoms with Crippen LogP contribution < -0.4 is 5.73 Å². The first-order valence-electron chi connectivity index (χ1n) is 6.51. The average molecular weight is 289 g/mol. The van der Waals surface area contributed by atoms with Gasteiger partial charge in [-0.05, 0) is 26.2 Å². The molecule has 0 bridgehead atoms. The third kappa shape index (κ3) is 2.10. The van der Waals surface area contributed by atoms with E-state index >= 15 is 0 Å². The molecule has 0 spiro atoms. The maximum atomic E-state index is 10.9. The molecule has 1 saturated carbocycles. The minimum Gasteiger partial charge on any atom is -0.319 e. The van der Waals surface area contributed by atoms with E-state index in [4.69, 9.17) is 5.73 Å². The summed E-state index contributed by atoms with van der Waals surface area (Å²) in [5.74, 6) is 0. The van der Waals surface area contributed by atoms with E-state index in [0.29, 0.717) is 0 Å². The van der Waals surface area contributed by atoms with E-state index in [2.05, 4.69) is 4.98 Å². The summed E-state index contributed by atoms with van der Waals surface area (Å²) in [4.78, 5) is 16.2. The summed E-state index contributed by atoms with van der Waals surface area (Å²) < 4.78 is 0. The number of hydrogen-bond acceptors (Lipinski definition) is 5. The summed E-state index contributed by atoms with van der Waals surface area (Å²) in [6.45, 7) is 1.98. The van der Waals surface area contributed by atoms with E-state index in [9.17, 15) is 10.1 Å². The summed E-state index contributed by atoms with van der Waals surface area (Å²) in [6.07, 6.45) is 3.07. The Morgan fingerprint density at radius 1 is 1.45 bits per heavy atom. The van der Waals surface area contributed by atoms with Crippen LogP contribution >= 0.6 is 11.3 Å². The number of non-ortho nitro benzene ring substituents is 1. The van der Waals surface area contributed by atoms with Crippen molar-refractivity contribution in [1.82, 2.24) is 4.98 Å². The third-order valence-electron chi connectivity index (χ3n) is 3.80. The highest BCUT2D eigenvalue weighted by molar-refractivity contribution is 7.12. The van der Waals surface area contributed by atoms with Crippen molar-refractivity contribution in [1.29, 1.82) is 0 Å². The van der Waals surface area contributed by atoms with Crippen LogP contribution in [0.15, 0.2) is 24.3 Å². The SMILES string of the molecule is Cc1sc(C2(N)CCC2)nc1-c1cccc([N+](=O)[O-])c1. The molecule has 1 aliphatic rings. The van der Waals surface area contributed by atoms with Gasteiger partial charge in [-0.3, -0.25) is 10.1 Å². The molecule has 0 unspecified atom stereocenters. The maximum Gasteiger partial charge on any atom is 0.270 e. The van der Waals surface area contributed by atoms with Gasteiger partial charge in [0, 0.05) is 22.6 Å². The zero-order chi connectivity index (χ0) is 14.3. The minimum absolute atomic E-state index is 0.0857. The van der Waals surface area contributed by atoms with Crippen LogP contribution in [0.4, 0.5) is 5.69 Å². The smallest absolute Gasteiger partial charge is 0.270 e. The average Bonchev–Trinajstić information content (AvgIpc) is 2.78. The van der Waals surface area contributed by atoms with Crippen LogP contribution in [0.1, 0.15) is 29.1 Å². The van der Waals surface area contributed by atoms with Crippen molar-refractivity contribution in [3.63, 3.8) is 0 Å². The van der Waals surface area contributed by atoms with Crippen LogP contribution in [0.25, 0.3) is 11.3 Å². The van der Waals surface area contributed by atoms with E-state index in [0.717, 1.165) is 40.4 Å². The highest BCUT2D eigenvalue weighted by atomic mass is 32.1. The minimum atomic E-state index is -0.386. The van der Waals surface area contributed by atoms with Gasteiger partial charge in [-0.25, -0.2) is 4.98 Å². The molecule has 2 N–H and O–H groups in total. The van der Waals surface area contributed by atoms with E-state index in [1.54, 1.807) is 23.5 Å². The standard InChI is InChI=1S/C14H15N3O2S/c1-9-12(10-4-2-5-11(8-10)17(18)19)16-13(20-9)14(15)6-3-7-14/h2,4-5,8H,3,6-7,15H2,1H3. The van der Waals surface area contributed by atoms with Crippen LogP contribution in [0.3, 0.4) is 0 Å². The number of nitrogens with zero attached hydrogens (tertiary/aromatic N) is 2. The molecule has 104 valence electrons. The summed E-state index contributed by atoms with van der Waals surface area (Å²) in [5, 5.41) is 11.8. The van der Waals surface area contributed by atoms with E-state index in [1.807, 2.05) is 13.0 Å². The quantitative estimate of drug-likeness (QED) is 0.693. The molecular formula is C14H15N3O2S. The Balaban J connectivity index is 2.02. The zero-order valence-corrected chi connectivity index (χ0v) is 11.9. The van der Waals surface area contributed by atoms with Crippen LogP contribution in [0.5, 0.6) is 0 Å². The number of thiazole rings is 1. The van der Waals surface area contributed by atoms with Gasteiger partial charge in [0.1, 0.15) is 5.01 Å². The van der Waals surface area contributed by atoms with Gasteiger partial charge in [-0.1, -0.05) is 12.1 Å². The molecule has 5 nitrogen and oxygen atoms in total. The highest BCUT2D eigenvalue weighted by Gasteiger charge is 2.37. The molecule has 20 heavy (non-hydrogen) atoms. The van der Waals surface area contributed by atoms with Gasteiger partial charge in [0.2, 0.25) is 0 Å². The molecule has 1 aromatic heterocycles. The number of rotatable bonds is 3. The Labute approximate surface area is 120 Å². The van der Waals surface area contributed by atoms with Crippen molar-refractivity contribution in [2.45, 2.75) is 31.7 Å². The maximum absolute atomic E-state index is 10.9. The number of aryl methyl sites for hydroxylation is 1. The molecule has 3 rings (SSSR count). The molecule has 0 aliphatic heterocycles. The Hall–Kier alpha value is -1.79. The molecule has 0 atom stereocenters. The Kier molecular flexibility index (Phi) is 3.07. The molecule has 0 radical (unpaired) electrons. The summed E-state index contributed by atoms with van der Waals surface area (Å²) in [7, 11) is 0. The lowest BCUT2D eigenvalue weighted by molar-refractivity contribution is -0.384. The molecule has 1 aliphatic carbocycles. The first kappa shape index (κ1) is 13.2. The van der Waals surface area contributed by atoms with E-state index in [1.165, 1.54) is 6.07 Å². The predicted molar refractivity (Wildman–Crippen MR) is 78.7 cm³/mol. The second-order valence-electron chi connectivity index (χ2n) is 5.24. The first-order valence-corrected chi connectivity index (χ1v) is 7.33. The molecule has 1 aromatic carbocycles. The monoisotopic (exact) mass is 289 g/mol. The predicted octanol–water partition coefficient (Wildman–Crippen LogP) is 3.36. The van der Waals surface area contributed by atoms with Crippen LogP contribution in [-0.4, -0.2) is 9.91 Å². The Morgan fingerprint density at radius 3 is 2.80 bits per heavy atom. The van der Waals surface area contributed by atoms with Gasteiger partial charge in [-0.15, -0.1) is 11.3 Å². The number of aromatic nitrogens is 1. The Bertz CT molecular complexity index is 677. The number of nitro groups is 1. The van der Waals surface area contributed by atoms with Gasteiger partial charge >= 0.3 is 0 Å². The van der Waals surface area contributed by atoms with Gasteiger partial charge in [0.25, 0.3) is 5.69 Å². The van der Waals surface area contributed by atoms with Crippen LogP contribution in [0.2, 0.25) is 0 Å².